The molecule has 0 bridgehead atoms. The van der Waals surface area contributed by atoms with Gasteiger partial charge in [-0.15, -0.1) is 0 Å². The van der Waals surface area contributed by atoms with Gasteiger partial charge >= 0.3 is 12.0 Å². The highest BCUT2D eigenvalue weighted by Crippen LogP contribution is 2.63. The normalized spacial score (nSPS) is 20.9. The molecule has 2 heterocycles. The largest absolute Gasteiger partial charge is 0.478 e. The van der Waals surface area contributed by atoms with Crippen LogP contribution >= 0.6 is 0 Å². The average Bonchev–Trinajstić information content (AvgIpc) is 2.85. The minimum atomic E-state index is 0.143. The minimum absolute atomic E-state index is 0.143. The smallest absolute Gasteiger partial charge is 0.319 e. The molecule has 0 spiro atoms. The molecule has 0 N–H and O–H groups in total. The van der Waals surface area contributed by atoms with Crippen molar-refractivity contribution in [1.82, 2.24) is 19.9 Å². The first-order valence-electron chi connectivity index (χ1n) is 13.0. The van der Waals surface area contributed by atoms with Gasteiger partial charge < -0.3 is 18.9 Å². The standard InChI is InChI=1S/C28H36N4O4/c1-6-19-25(20-16-22(33-7-2)31-27(29-20)35-9-4)24(18-14-12-11-13-15-18)26(19)21-17-23(34-8-3)32-28(30-21)36-10-5/h11-17,19,24-26H,6-10H2,1-5H3. The molecule has 2 unspecified atom stereocenters. The van der Waals surface area contributed by atoms with Gasteiger partial charge in [-0.1, -0.05) is 43.7 Å². The zero-order valence-corrected chi connectivity index (χ0v) is 21.8. The molecule has 2 aromatic heterocycles. The van der Waals surface area contributed by atoms with E-state index >= 15 is 0 Å². The molecular formula is C28H36N4O4. The predicted octanol–water partition coefficient (Wildman–Crippen LogP) is 5.55. The molecule has 192 valence electrons. The Morgan fingerprint density at radius 2 is 1.06 bits per heavy atom. The lowest BCUT2D eigenvalue weighted by Gasteiger charge is -2.52. The summed E-state index contributed by atoms with van der Waals surface area (Å²) < 4.78 is 23.0. The van der Waals surface area contributed by atoms with E-state index in [1.165, 1.54) is 5.56 Å². The maximum absolute atomic E-state index is 5.77. The highest BCUT2D eigenvalue weighted by atomic mass is 16.5. The van der Waals surface area contributed by atoms with Crippen LogP contribution in [0.2, 0.25) is 0 Å². The SMILES string of the molecule is CCOc1cc(C2C(CC)C(c3cc(OCC)nc(OCC)n3)C2c2ccccc2)nc(OCC)n1. The lowest BCUT2D eigenvalue weighted by Crippen LogP contribution is -2.42. The molecule has 0 aliphatic heterocycles. The Bertz CT molecular complexity index is 1010. The van der Waals surface area contributed by atoms with Crippen molar-refractivity contribution in [3.8, 4) is 23.8 Å². The van der Waals surface area contributed by atoms with E-state index in [9.17, 15) is 0 Å². The highest BCUT2D eigenvalue weighted by Gasteiger charge is 2.53. The Hall–Kier alpha value is -3.42. The molecule has 2 atom stereocenters. The Morgan fingerprint density at radius 1 is 0.583 bits per heavy atom. The number of hydrogen-bond acceptors (Lipinski definition) is 8. The summed E-state index contributed by atoms with van der Waals surface area (Å²) in [6.45, 7) is 12.0. The molecule has 1 aromatic carbocycles. The summed E-state index contributed by atoms with van der Waals surface area (Å²) in [5, 5.41) is 0. The van der Waals surface area contributed by atoms with Gasteiger partial charge in [0.05, 0.1) is 37.8 Å². The van der Waals surface area contributed by atoms with Gasteiger partial charge in [0.15, 0.2) is 0 Å². The molecule has 0 amide bonds. The summed E-state index contributed by atoms with van der Waals surface area (Å²) in [5.74, 6) is 1.79. The molecule has 8 heteroatoms. The van der Waals surface area contributed by atoms with E-state index in [0.717, 1.165) is 17.8 Å². The van der Waals surface area contributed by atoms with Crippen LogP contribution in [-0.2, 0) is 0 Å². The Labute approximate surface area is 213 Å². The van der Waals surface area contributed by atoms with Crippen molar-refractivity contribution in [1.29, 1.82) is 0 Å². The molecule has 4 rings (SSSR count). The lowest BCUT2D eigenvalue weighted by molar-refractivity contribution is 0.139. The van der Waals surface area contributed by atoms with Crippen molar-refractivity contribution in [2.45, 2.75) is 58.8 Å². The number of aromatic nitrogens is 4. The van der Waals surface area contributed by atoms with Crippen LogP contribution in [0.25, 0.3) is 0 Å². The monoisotopic (exact) mass is 492 g/mol. The van der Waals surface area contributed by atoms with E-state index in [1.807, 2.05) is 45.9 Å². The first kappa shape index (κ1) is 25.7. The maximum Gasteiger partial charge on any atom is 0.319 e. The lowest BCUT2D eigenvalue weighted by atomic mass is 9.51. The third-order valence-corrected chi connectivity index (χ3v) is 6.57. The van der Waals surface area contributed by atoms with Crippen molar-refractivity contribution in [3.63, 3.8) is 0 Å². The van der Waals surface area contributed by atoms with Crippen molar-refractivity contribution in [2.24, 2.45) is 5.92 Å². The molecule has 8 nitrogen and oxygen atoms in total. The summed E-state index contributed by atoms with van der Waals surface area (Å²) in [6.07, 6.45) is 0.953. The first-order valence-corrected chi connectivity index (χ1v) is 13.0. The number of hydrogen-bond donors (Lipinski definition) is 0. The van der Waals surface area contributed by atoms with Gasteiger partial charge in [0.1, 0.15) is 0 Å². The van der Waals surface area contributed by atoms with Crippen LogP contribution in [0.4, 0.5) is 0 Å². The second kappa shape index (κ2) is 12.0. The molecule has 1 aliphatic rings. The number of ether oxygens (including phenoxy) is 4. The van der Waals surface area contributed by atoms with Crippen molar-refractivity contribution in [2.75, 3.05) is 26.4 Å². The van der Waals surface area contributed by atoms with Gasteiger partial charge in [-0.2, -0.15) is 19.9 Å². The molecule has 0 radical (unpaired) electrons. The zero-order chi connectivity index (χ0) is 25.5. The van der Waals surface area contributed by atoms with E-state index in [2.05, 4.69) is 41.2 Å². The van der Waals surface area contributed by atoms with Crippen LogP contribution in [0.5, 0.6) is 23.8 Å². The van der Waals surface area contributed by atoms with Crippen LogP contribution in [-0.4, -0.2) is 46.4 Å². The average molecular weight is 493 g/mol. The summed E-state index contributed by atoms with van der Waals surface area (Å²) in [5.41, 5.74) is 3.09. The number of benzene rings is 1. The molecule has 36 heavy (non-hydrogen) atoms. The van der Waals surface area contributed by atoms with Crippen LogP contribution in [0, 0.1) is 5.92 Å². The second-order valence-electron chi connectivity index (χ2n) is 8.62. The topological polar surface area (TPSA) is 88.5 Å². The molecule has 1 fully saturated rings. The van der Waals surface area contributed by atoms with Crippen LogP contribution in [0.15, 0.2) is 42.5 Å². The fraction of sp³-hybridized carbons (Fsp3) is 0.500. The van der Waals surface area contributed by atoms with Gasteiger partial charge in [-0.25, -0.2) is 0 Å². The van der Waals surface area contributed by atoms with Gasteiger partial charge in [0.2, 0.25) is 11.8 Å². The molecule has 3 aromatic rings. The van der Waals surface area contributed by atoms with Crippen LogP contribution in [0.3, 0.4) is 0 Å². The van der Waals surface area contributed by atoms with E-state index in [0.29, 0.717) is 50.2 Å². The van der Waals surface area contributed by atoms with E-state index < -0.39 is 0 Å². The molecule has 1 aliphatic carbocycles. The third kappa shape index (κ3) is 5.37. The summed E-state index contributed by atoms with van der Waals surface area (Å²) >= 11 is 0. The number of nitrogens with zero attached hydrogens (tertiary/aromatic N) is 4. The first-order chi connectivity index (χ1) is 17.6. The number of rotatable bonds is 12. The summed E-state index contributed by atoms with van der Waals surface area (Å²) in [7, 11) is 0. The van der Waals surface area contributed by atoms with Gasteiger partial charge in [-0.05, 0) is 39.2 Å². The van der Waals surface area contributed by atoms with Crippen LogP contribution < -0.4 is 18.9 Å². The highest BCUT2D eigenvalue weighted by molar-refractivity contribution is 5.40. The fourth-order valence-electron chi connectivity index (χ4n) is 5.25. The predicted molar refractivity (Wildman–Crippen MR) is 137 cm³/mol. The maximum atomic E-state index is 5.77. The van der Waals surface area contributed by atoms with Crippen molar-refractivity contribution < 1.29 is 18.9 Å². The van der Waals surface area contributed by atoms with Gasteiger partial charge in [-0.3, -0.25) is 0 Å². The van der Waals surface area contributed by atoms with E-state index in [1.54, 1.807) is 0 Å². The second-order valence-corrected chi connectivity index (χ2v) is 8.62. The molecule has 1 saturated carbocycles. The zero-order valence-electron chi connectivity index (χ0n) is 21.8. The molecule has 0 saturated heterocycles. The Morgan fingerprint density at radius 3 is 1.47 bits per heavy atom. The molecular weight excluding hydrogens is 456 g/mol. The van der Waals surface area contributed by atoms with E-state index in [-0.39, 0.29) is 23.7 Å². The van der Waals surface area contributed by atoms with Gasteiger partial charge in [0, 0.05) is 29.9 Å². The Kier molecular flexibility index (Phi) is 8.57. The Balaban J connectivity index is 1.82. The van der Waals surface area contributed by atoms with Gasteiger partial charge in [0.25, 0.3) is 0 Å². The quantitative estimate of drug-likeness (QED) is 0.325. The summed E-state index contributed by atoms with van der Waals surface area (Å²) in [6, 6.07) is 15.2. The fourth-order valence-corrected chi connectivity index (χ4v) is 5.25. The third-order valence-electron chi connectivity index (χ3n) is 6.57. The van der Waals surface area contributed by atoms with E-state index in [4.69, 9.17) is 28.9 Å². The minimum Gasteiger partial charge on any atom is -0.478 e. The summed E-state index contributed by atoms with van der Waals surface area (Å²) in [4.78, 5) is 18.5. The van der Waals surface area contributed by atoms with Crippen LogP contribution in [0.1, 0.15) is 75.7 Å². The van der Waals surface area contributed by atoms with Crippen molar-refractivity contribution in [3.05, 3.63) is 59.4 Å². The van der Waals surface area contributed by atoms with Crippen molar-refractivity contribution >= 4 is 0 Å².